The fourth-order valence-corrected chi connectivity index (χ4v) is 11.7. The number of anilines is 1. The smallest absolute Gasteiger partial charge is 0.460 e. The summed E-state index contributed by atoms with van der Waals surface area (Å²) in [5.74, 6) is -0.0169. The maximum atomic E-state index is 13.6. The largest absolute Gasteiger partial charge is 0.479 e. The second-order valence-electron chi connectivity index (χ2n) is 13.8. The van der Waals surface area contributed by atoms with E-state index in [1.807, 2.05) is 53.1 Å². The van der Waals surface area contributed by atoms with Gasteiger partial charge in [-0.2, -0.15) is 9.97 Å². The van der Waals surface area contributed by atoms with Gasteiger partial charge in [-0.05, 0) is 60.4 Å². The number of hydrogen-bond acceptors (Lipinski definition) is 14. The van der Waals surface area contributed by atoms with Gasteiger partial charge >= 0.3 is 20.4 Å². The van der Waals surface area contributed by atoms with Gasteiger partial charge in [-0.15, -0.1) is 0 Å². The van der Waals surface area contributed by atoms with Gasteiger partial charge in [0.05, 0.1) is 24.9 Å². The van der Waals surface area contributed by atoms with E-state index in [0.717, 1.165) is 30.6 Å². The molecule has 304 valence electrons. The van der Waals surface area contributed by atoms with Crippen molar-refractivity contribution in [3.8, 4) is 5.75 Å². The minimum atomic E-state index is -5.04. The Morgan fingerprint density at radius 1 is 1.09 bits per heavy atom. The predicted octanol–water partition coefficient (Wildman–Crippen LogP) is 5.56. The van der Waals surface area contributed by atoms with Gasteiger partial charge in [-0.1, -0.05) is 80.6 Å². The van der Waals surface area contributed by atoms with Crippen LogP contribution >= 0.6 is 26.1 Å². The lowest BCUT2D eigenvalue weighted by Gasteiger charge is -2.28. The van der Waals surface area contributed by atoms with Gasteiger partial charge in [0, 0.05) is 24.3 Å². The van der Waals surface area contributed by atoms with Crippen molar-refractivity contribution >= 4 is 71.6 Å². The number of aromatic nitrogens is 4. The van der Waals surface area contributed by atoms with Crippen LogP contribution in [-0.4, -0.2) is 91.0 Å². The van der Waals surface area contributed by atoms with Crippen molar-refractivity contribution in [2.75, 3.05) is 32.0 Å². The second kappa shape index (κ2) is 17.3. The Balaban J connectivity index is 1.05. The van der Waals surface area contributed by atoms with E-state index in [0.29, 0.717) is 28.8 Å². The van der Waals surface area contributed by atoms with Crippen molar-refractivity contribution in [1.82, 2.24) is 29.5 Å². The zero-order valence-electron chi connectivity index (χ0n) is 31.4. The van der Waals surface area contributed by atoms with Gasteiger partial charge in [0.25, 0.3) is 0 Å². The van der Waals surface area contributed by atoms with Gasteiger partial charge in [0.2, 0.25) is 5.28 Å². The summed E-state index contributed by atoms with van der Waals surface area (Å²) in [6.07, 6.45) is -2.01. The van der Waals surface area contributed by atoms with Gasteiger partial charge in [0.15, 0.2) is 17.0 Å². The molecule has 1 aliphatic heterocycles. The van der Waals surface area contributed by atoms with Crippen LogP contribution in [0.2, 0.25) is 5.28 Å². The molecule has 7 rings (SSSR count). The second-order valence-corrected chi connectivity index (χ2v) is 18.8. The molecule has 1 saturated carbocycles. The third-order valence-corrected chi connectivity index (χ3v) is 14.7. The summed E-state index contributed by atoms with van der Waals surface area (Å²) in [4.78, 5) is 39.6. The molecule has 8 atom stereocenters. The van der Waals surface area contributed by atoms with Crippen LogP contribution in [0, 0.1) is 5.92 Å². The summed E-state index contributed by atoms with van der Waals surface area (Å²) in [5.41, 5.74) is 7.78. The number of nitrogens with one attached hydrogen (secondary N) is 1. The summed E-state index contributed by atoms with van der Waals surface area (Å²) in [7, 11) is -5.04. The summed E-state index contributed by atoms with van der Waals surface area (Å²) < 4.78 is 44.4. The number of rotatable bonds is 18. The standard InChI is InChI=1S/C37H44ClN7O9P2S/c1-4-44(5-2)19-18-28-40-30-34(39)41-37(38)42-35(30)45(28)31-29-32(46)27(52-33(29)31)21-51-56(48,49)54-55(57,53-26-17-11-15-24-14-9-10-16-25(24)26)43-22(3)36(47)50-20-23-12-7-6-8-13-23/h6-17,22,27,29,31-33,46H,4-5,18-21H2,1-3H3,(H,43,57)(H,48,49)(H2,39,41,42)/t22-,27+,29+,31-,32-,33?,55?/m0/s1. The number of benzene rings is 3. The quantitative estimate of drug-likeness (QED) is 0.0484. The highest BCUT2D eigenvalue weighted by Gasteiger charge is 2.65. The molecule has 16 nitrogen and oxygen atoms in total. The number of aliphatic hydroxyl groups excluding tert-OH is 1. The number of halogens is 1. The van der Waals surface area contributed by atoms with Gasteiger partial charge in [0.1, 0.15) is 30.3 Å². The average Bonchev–Trinajstić information content (AvgIpc) is 3.60. The lowest BCUT2D eigenvalue weighted by atomic mass is 10.1. The summed E-state index contributed by atoms with van der Waals surface area (Å²) in [5, 5.41) is 15.7. The van der Waals surface area contributed by atoms with Crippen LogP contribution in [0.5, 0.6) is 5.75 Å². The molecule has 0 spiro atoms. The first kappa shape index (κ1) is 41.6. The SMILES string of the molecule is CCN(CC)CCc1nc2c(N)nc(Cl)nc2n1[C@@H]1C2O[C@H](COP(=O)(O)OP(=S)(N[C@@H](C)C(=O)OCc3ccccc3)Oc3cccc4ccccc34)[C@H](O)[C@H]21. The molecule has 1 saturated heterocycles. The minimum Gasteiger partial charge on any atom is -0.460 e. The van der Waals surface area contributed by atoms with Gasteiger partial charge in [-0.25, -0.2) is 18.9 Å². The van der Waals surface area contributed by atoms with Crippen LogP contribution in [0.4, 0.5) is 5.82 Å². The topological polar surface area (TPSA) is 206 Å². The Bertz CT molecular complexity index is 2330. The molecule has 2 aliphatic rings. The molecule has 1 aliphatic carbocycles. The number of likely N-dealkylation sites (N-methyl/N-ethyl adjacent to an activating group) is 1. The fourth-order valence-electron chi connectivity index (χ4n) is 7.09. The van der Waals surface area contributed by atoms with E-state index < -0.39 is 57.3 Å². The van der Waals surface area contributed by atoms with Gasteiger partial charge < -0.3 is 39.2 Å². The highest BCUT2D eigenvalue weighted by Crippen LogP contribution is 2.62. The molecule has 20 heteroatoms. The Kier molecular flexibility index (Phi) is 12.7. The van der Waals surface area contributed by atoms with E-state index in [1.165, 1.54) is 6.92 Å². The Morgan fingerprint density at radius 2 is 1.81 bits per heavy atom. The predicted molar refractivity (Wildman–Crippen MR) is 218 cm³/mol. The number of ether oxygens (including phenoxy) is 2. The van der Waals surface area contributed by atoms with E-state index in [4.69, 9.17) is 57.0 Å². The molecular formula is C37H44ClN7O9P2S. The third-order valence-electron chi connectivity index (χ3n) is 10.0. The van der Waals surface area contributed by atoms with Crippen LogP contribution in [-0.2, 0) is 52.5 Å². The van der Waals surface area contributed by atoms with Crippen molar-refractivity contribution in [1.29, 1.82) is 0 Å². The van der Waals surface area contributed by atoms with Crippen molar-refractivity contribution in [2.24, 2.45) is 5.92 Å². The maximum absolute atomic E-state index is 13.6. The van der Waals surface area contributed by atoms with Gasteiger partial charge in [-0.3, -0.25) is 9.32 Å². The number of carbonyl (C=O) groups is 1. The van der Waals surface area contributed by atoms with E-state index in [-0.39, 0.29) is 29.5 Å². The number of phosphoric ester groups is 1. The van der Waals surface area contributed by atoms with E-state index in [1.54, 1.807) is 24.3 Å². The molecule has 3 aromatic carbocycles. The molecule has 5 aromatic rings. The van der Waals surface area contributed by atoms with Crippen LogP contribution < -0.4 is 15.3 Å². The van der Waals surface area contributed by atoms with E-state index in [9.17, 15) is 19.4 Å². The maximum Gasteiger partial charge on any atom is 0.479 e. The first-order valence-electron chi connectivity index (χ1n) is 18.5. The number of phosphoric acid groups is 1. The lowest BCUT2D eigenvalue weighted by Crippen LogP contribution is -2.35. The summed E-state index contributed by atoms with van der Waals surface area (Å²) in [6, 6.07) is 20.2. The molecule has 3 unspecified atom stereocenters. The normalized spacial score (nSPS) is 22.9. The van der Waals surface area contributed by atoms with Crippen LogP contribution in [0.25, 0.3) is 21.9 Å². The number of carbonyl (C=O) groups excluding carboxylic acids is 1. The number of esters is 1. The van der Waals surface area contributed by atoms with Crippen molar-refractivity contribution < 1.29 is 42.2 Å². The molecule has 2 fully saturated rings. The first-order chi connectivity index (χ1) is 27.3. The molecular weight excluding hydrogens is 816 g/mol. The lowest BCUT2D eigenvalue weighted by molar-refractivity contribution is -0.146. The molecule has 57 heavy (non-hydrogen) atoms. The first-order valence-corrected chi connectivity index (χ1v) is 23.0. The number of aliphatic hydroxyl groups is 1. The van der Waals surface area contributed by atoms with Crippen LogP contribution in [0.15, 0.2) is 72.8 Å². The van der Waals surface area contributed by atoms with Crippen LogP contribution in [0.3, 0.4) is 0 Å². The highest BCUT2D eigenvalue weighted by atomic mass is 35.5. The fraction of sp³-hybridized carbons (Fsp3) is 0.405. The molecule has 3 heterocycles. The zero-order chi connectivity index (χ0) is 40.5. The number of nitrogens with two attached hydrogens (primary N) is 1. The number of hydrogen-bond donors (Lipinski definition) is 4. The molecule has 0 amide bonds. The highest BCUT2D eigenvalue weighted by molar-refractivity contribution is 8.10. The monoisotopic (exact) mass is 859 g/mol. The number of nitrogen functional groups attached to an aromatic ring is 1. The molecule has 5 N–H and O–H groups in total. The minimum absolute atomic E-state index is 0.00199. The Hall–Kier alpha value is -3.57. The molecule has 0 radical (unpaired) electrons. The van der Waals surface area contributed by atoms with Crippen molar-refractivity contribution in [2.45, 2.75) is 64.2 Å². The number of imidazole rings is 1. The van der Waals surface area contributed by atoms with Crippen LogP contribution in [0.1, 0.15) is 38.2 Å². The third kappa shape index (κ3) is 9.35. The average molecular weight is 860 g/mol. The Morgan fingerprint density at radius 3 is 2.53 bits per heavy atom. The Labute approximate surface area is 339 Å². The van der Waals surface area contributed by atoms with Crippen molar-refractivity contribution in [3.63, 3.8) is 0 Å². The van der Waals surface area contributed by atoms with Crippen molar-refractivity contribution in [3.05, 3.63) is 89.5 Å². The summed E-state index contributed by atoms with van der Waals surface area (Å²) >= 11 is 12.0. The van der Waals surface area contributed by atoms with E-state index in [2.05, 4.69) is 33.8 Å². The van der Waals surface area contributed by atoms with E-state index >= 15 is 0 Å². The molecule has 0 bridgehead atoms. The summed E-state index contributed by atoms with van der Waals surface area (Å²) in [6.45, 7) is 3.52. The zero-order valence-corrected chi connectivity index (χ0v) is 34.7. The molecule has 2 aromatic heterocycles. The number of fused-ring (bicyclic) bond motifs is 3. The number of nitrogens with zero attached hydrogens (tertiary/aromatic N) is 5.